The lowest BCUT2D eigenvalue weighted by Crippen LogP contribution is -2.42. The largest absolute Gasteiger partial charge is 0.506 e. The van der Waals surface area contributed by atoms with Crippen molar-refractivity contribution in [1.82, 2.24) is 4.90 Å². The Bertz CT molecular complexity index is 644. The molecule has 1 aliphatic rings. The maximum absolute atomic E-state index is 12.5. The standard InChI is InChI=1S/C13H18N2O5S/c14-11-2-1-9(7-12(11)17)13(18)15(4-5-16)10-3-6-21(19,20)8-10/h1-2,7,10,16-17H,3-6,8,14H2. The highest BCUT2D eigenvalue weighted by Crippen LogP contribution is 2.24. The smallest absolute Gasteiger partial charge is 0.254 e. The van der Waals surface area contributed by atoms with Crippen LogP contribution in [0.4, 0.5) is 5.69 Å². The van der Waals surface area contributed by atoms with Gasteiger partial charge in [-0.2, -0.15) is 0 Å². The molecule has 4 N–H and O–H groups in total. The van der Waals surface area contributed by atoms with Crippen LogP contribution in [0.3, 0.4) is 0 Å². The second-order valence-corrected chi connectivity index (χ2v) is 7.28. The van der Waals surface area contributed by atoms with Crippen molar-refractivity contribution in [2.45, 2.75) is 12.5 Å². The third-order valence-corrected chi connectivity index (χ3v) is 5.28. The van der Waals surface area contributed by atoms with E-state index >= 15 is 0 Å². The van der Waals surface area contributed by atoms with E-state index in [0.717, 1.165) is 0 Å². The van der Waals surface area contributed by atoms with Crippen LogP contribution in [0.5, 0.6) is 5.75 Å². The third-order valence-electron chi connectivity index (χ3n) is 3.53. The number of nitrogens with zero attached hydrogens (tertiary/aromatic N) is 1. The summed E-state index contributed by atoms with van der Waals surface area (Å²) in [4.78, 5) is 13.8. The lowest BCUT2D eigenvalue weighted by molar-refractivity contribution is 0.0655. The molecule has 8 heteroatoms. The fourth-order valence-corrected chi connectivity index (χ4v) is 4.15. The summed E-state index contributed by atoms with van der Waals surface area (Å²) in [5.41, 5.74) is 5.85. The Balaban J connectivity index is 2.25. The number of aliphatic hydroxyl groups excluding tert-OH is 1. The fourth-order valence-electron chi connectivity index (χ4n) is 2.42. The van der Waals surface area contributed by atoms with E-state index in [1.165, 1.54) is 23.1 Å². The average molecular weight is 314 g/mol. The number of nitrogens with two attached hydrogens (primary N) is 1. The Kier molecular flexibility index (Phi) is 4.38. The maximum atomic E-state index is 12.5. The highest BCUT2D eigenvalue weighted by Gasteiger charge is 2.34. The Morgan fingerprint density at radius 1 is 1.43 bits per heavy atom. The number of hydrogen-bond acceptors (Lipinski definition) is 6. The van der Waals surface area contributed by atoms with Gasteiger partial charge in [0.05, 0.1) is 23.8 Å². The number of nitrogen functional groups attached to an aromatic ring is 1. The normalized spacial score (nSPS) is 20.3. The number of aliphatic hydroxyl groups is 1. The first kappa shape index (κ1) is 15.6. The molecule has 0 radical (unpaired) electrons. The molecule has 1 aliphatic heterocycles. The van der Waals surface area contributed by atoms with Gasteiger partial charge in [-0.15, -0.1) is 0 Å². The van der Waals surface area contributed by atoms with Crippen LogP contribution in [-0.2, 0) is 9.84 Å². The van der Waals surface area contributed by atoms with Crippen molar-refractivity contribution in [3.63, 3.8) is 0 Å². The number of benzene rings is 1. The minimum absolute atomic E-state index is 0.0415. The first-order valence-corrected chi connectivity index (χ1v) is 8.37. The molecule has 0 spiro atoms. The summed E-state index contributed by atoms with van der Waals surface area (Å²) in [5.74, 6) is -0.690. The summed E-state index contributed by atoms with van der Waals surface area (Å²) in [6.07, 6.45) is 0.356. The molecule has 1 heterocycles. The molecule has 1 fully saturated rings. The van der Waals surface area contributed by atoms with E-state index in [1.807, 2.05) is 0 Å². The number of hydrogen-bond donors (Lipinski definition) is 3. The molecule has 116 valence electrons. The molecule has 1 unspecified atom stereocenters. The zero-order valence-corrected chi connectivity index (χ0v) is 12.2. The molecule has 7 nitrogen and oxygen atoms in total. The second kappa shape index (κ2) is 5.90. The van der Waals surface area contributed by atoms with Crippen LogP contribution in [0.2, 0.25) is 0 Å². The Labute approximate surface area is 122 Å². The summed E-state index contributed by atoms with van der Waals surface area (Å²) < 4.78 is 23.1. The van der Waals surface area contributed by atoms with Crippen molar-refractivity contribution >= 4 is 21.4 Å². The van der Waals surface area contributed by atoms with Crippen molar-refractivity contribution in [2.75, 3.05) is 30.4 Å². The summed E-state index contributed by atoms with van der Waals surface area (Å²) in [7, 11) is -3.13. The number of phenolic OH excluding ortho intramolecular Hbond substituents is 1. The van der Waals surface area contributed by atoms with Gasteiger partial charge in [0.15, 0.2) is 9.84 Å². The lowest BCUT2D eigenvalue weighted by atomic mass is 10.1. The highest BCUT2D eigenvalue weighted by molar-refractivity contribution is 7.91. The van der Waals surface area contributed by atoms with Crippen molar-refractivity contribution in [2.24, 2.45) is 0 Å². The number of rotatable bonds is 4. The molecule has 1 saturated heterocycles. The molecule has 0 bridgehead atoms. The van der Waals surface area contributed by atoms with E-state index in [4.69, 9.17) is 10.8 Å². The van der Waals surface area contributed by atoms with Crippen LogP contribution in [0.15, 0.2) is 18.2 Å². The Morgan fingerprint density at radius 2 is 2.14 bits per heavy atom. The van der Waals surface area contributed by atoms with E-state index in [2.05, 4.69) is 0 Å². The molecular formula is C13H18N2O5S. The SMILES string of the molecule is Nc1ccc(C(=O)N(CCO)C2CCS(=O)(=O)C2)cc1O. The number of aromatic hydroxyl groups is 1. The Hall–Kier alpha value is -1.80. The van der Waals surface area contributed by atoms with Gasteiger partial charge < -0.3 is 20.8 Å². The van der Waals surface area contributed by atoms with Gasteiger partial charge in [-0.05, 0) is 24.6 Å². The molecule has 1 aromatic rings. The number of sulfone groups is 1. The molecule has 0 aromatic heterocycles. The molecular weight excluding hydrogens is 296 g/mol. The van der Waals surface area contributed by atoms with E-state index in [9.17, 15) is 18.3 Å². The highest BCUT2D eigenvalue weighted by atomic mass is 32.2. The summed E-state index contributed by atoms with van der Waals surface area (Å²) >= 11 is 0. The van der Waals surface area contributed by atoms with Gasteiger partial charge in [0.2, 0.25) is 0 Å². The molecule has 1 amide bonds. The number of anilines is 1. The van der Waals surface area contributed by atoms with Crippen LogP contribution >= 0.6 is 0 Å². The minimum Gasteiger partial charge on any atom is -0.506 e. The van der Waals surface area contributed by atoms with Crippen molar-refractivity contribution in [3.8, 4) is 5.75 Å². The third kappa shape index (κ3) is 3.45. The zero-order chi connectivity index (χ0) is 15.6. The van der Waals surface area contributed by atoms with Crippen LogP contribution < -0.4 is 5.73 Å². The quantitative estimate of drug-likeness (QED) is 0.513. The van der Waals surface area contributed by atoms with Gasteiger partial charge in [-0.3, -0.25) is 4.79 Å². The summed E-state index contributed by atoms with van der Waals surface area (Å²) in [6, 6.07) is 3.66. The molecule has 1 atom stereocenters. The fraction of sp³-hybridized carbons (Fsp3) is 0.462. The molecule has 1 aromatic carbocycles. The Morgan fingerprint density at radius 3 is 2.67 bits per heavy atom. The van der Waals surface area contributed by atoms with Gasteiger partial charge in [0, 0.05) is 18.2 Å². The van der Waals surface area contributed by atoms with Crippen molar-refractivity contribution in [3.05, 3.63) is 23.8 Å². The molecule has 21 heavy (non-hydrogen) atoms. The van der Waals surface area contributed by atoms with Crippen LogP contribution in [-0.4, -0.2) is 60.1 Å². The van der Waals surface area contributed by atoms with Gasteiger partial charge in [-0.25, -0.2) is 8.42 Å². The van der Waals surface area contributed by atoms with Gasteiger partial charge in [0.25, 0.3) is 5.91 Å². The topological polar surface area (TPSA) is 121 Å². The van der Waals surface area contributed by atoms with E-state index in [-0.39, 0.29) is 41.7 Å². The van der Waals surface area contributed by atoms with E-state index in [0.29, 0.717) is 6.42 Å². The van der Waals surface area contributed by atoms with Gasteiger partial charge in [-0.1, -0.05) is 0 Å². The summed E-state index contributed by atoms with van der Waals surface area (Å²) in [6.45, 7) is -0.215. The monoisotopic (exact) mass is 314 g/mol. The molecule has 0 saturated carbocycles. The van der Waals surface area contributed by atoms with Crippen LogP contribution in [0, 0.1) is 0 Å². The molecule has 2 rings (SSSR count). The molecule has 0 aliphatic carbocycles. The van der Waals surface area contributed by atoms with Crippen LogP contribution in [0.1, 0.15) is 16.8 Å². The van der Waals surface area contributed by atoms with E-state index in [1.54, 1.807) is 0 Å². The average Bonchev–Trinajstić information content (AvgIpc) is 2.78. The van der Waals surface area contributed by atoms with E-state index < -0.39 is 21.8 Å². The van der Waals surface area contributed by atoms with Crippen LogP contribution in [0.25, 0.3) is 0 Å². The lowest BCUT2D eigenvalue weighted by Gasteiger charge is -2.27. The minimum atomic E-state index is -3.13. The zero-order valence-electron chi connectivity index (χ0n) is 11.4. The predicted octanol–water partition coefficient (Wildman–Crippen LogP) is -0.404. The number of carbonyl (C=O) groups excluding carboxylic acids is 1. The predicted molar refractivity (Wildman–Crippen MR) is 77.7 cm³/mol. The maximum Gasteiger partial charge on any atom is 0.254 e. The first-order valence-electron chi connectivity index (χ1n) is 6.55. The van der Waals surface area contributed by atoms with Gasteiger partial charge in [0.1, 0.15) is 5.75 Å². The van der Waals surface area contributed by atoms with Crippen molar-refractivity contribution < 1.29 is 23.4 Å². The number of amides is 1. The summed E-state index contributed by atoms with van der Waals surface area (Å²) in [5, 5.41) is 18.7. The second-order valence-electron chi connectivity index (χ2n) is 5.05. The van der Waals surface area contributed by atoms with Crippen molar-refractivity contribution in [1.29, 1.82) is 0 Å². The first-order chi connectivity index (χ1) is 9.84. The number of phenols is 1. The van der Waals surface area contributed by atoms with Gasteiger partial charge >= 0.3 is 0 Å². The number of carbonyl (C=O) groups is 1.